The molecule has 0 N–H and O–H groups in total. The first-order valence-corrected chi connectivity index (χ1v) is 6.19. The molecule has 4 nitrogen and oxygen atoms in total. The van der Waals surface area contributed by atoms with Gasteiger partial charge in [0.05, 0.1) is 5.69 Å². The van der Waals surface area contributed by atoms with Crippen molar-refractivity contribution in [1.29, 1.82) is 0 Å². The Morgan fingerprint density at radius 1 is 1.11 bits per heavy atom. The van der Waals surface area contributed by atoms with Gasteiger partial charge in [-0.05, 0) is 25.1 Å². The van der Waals surface area contributed by atoms with E-state index < -0.39 is 0 Å². The van der Waals surface area contributed by atoms with Crippen LogP contribution in [0, 0.1) is 0 Å². The Labute approximate surface area is 107 Å². The third-order valence-corrected chi connectivity index (χ3v) is 3.28. The molecule has 0 unspecified atom stereocenters. The number of hydrogen-bond acceptors (Lipinski definition) is 4. The Bertz CT molecular complexity index is 567. The van der Waals surface area contributed by atoms with Crippen LogP contribution in [0.5, 0.6) is 0 Å². The molecule has 2 aromatic rings. The number of hydrogen-bond donors (Lipinski definition) is 0. The van der Waals surface area contributed by atoms with Gasteiger partial charge < -0.3 is 9.80 Å². The van der Waals surface area contributed by atoms with Crippen LogP contribution in [-0.2, 0) is 6.54 Å². The average molecular weight is 240 g/mol. The van der Waals surface area contributed by atoms with E-state index >= 15 is 0 Å². The van der Waals surface area contributed by atoms with Gasteiger partial charge in [0.1, 0.15) is 5.82 Å². The third kappa shape index (κ3) is 1.61. The Morgan fingerprint density at radius 3 is 2.61 bits per heavy atom. The summed E-state index contributed by atoms with van der Waals surface area (Å²) in [7, 11) is 2.09. The first-order valence-electron chi connectivity index (χ1n) is 6.19. The molecular weight excluding hydrogens is 224 g/mol. The maximum atomic E-state index is 4.53. The summed E-state index contributed by atoms with van der Waals surface area (Å²) in [6.07, 6.45) is 3.68. The van der Waals surface area contributed by atoms with Gasteiger partial charge in [-0.1, -0.05) is 6.07 Å². The van der Waals surface area contributed by atoms with Crippen LogP contribution in [0.4, 0.5) is 17.3 Å². The van der Waals surface area contributed by atoms with Crippen LogP contribution in [0.3, 0.4) is 0 Å². The summed E-state index contributed by atoms with van der Waals surface area (Å²) < 4.78 is 0. The van der Waals surface area contributed by atoms with E-state index in [0.717, 1.165) is 30.4 Å². The van der Waals surface area contributed by atoms with Gasteiger partial charge in [-0.15, -0.1) is 0 Å². The second-order valence-electron chi connectivity index (χ2n) is 4.43. The molecule has 0 amide bonds. The summed E-state index contributed by atoms with van der Waals surface area (Å²) in [5, 5.41) is 0. The molecule has 0 spiro atoms. The van der Waals surface area contributed by atoms with Gasteiger partial charge >= 0.3 is 0 Å². The van der Waals surface area contributed by atoms with E-state index in [4.69, 9.17) is 0 Å². The quantitative estimate of drug-likeness (QED) is 0.767. The third-order valence-electron chi connectivity index (χ3n) is 3.28. The molecule has 1 aliphatic heterocycles. The standard InChI is InChI=1S/C14H16N4/c1-3-18-13-11(6-4-8-15-13)10-17(2)12-7-5-9-16-14(12)18/h4-9H,3,10H2,1-2H3. The molecule has 0 saturated carbocycles. The molecule has 18 heavy (non-hydrogen) atoms. The number of rotatable bonds is 1. The zero-order chi connectivity index (χ0) is 12.5. The summed E-state index contributed by atoms with van der Waals surface area (Å²) in [5.74, 6) is 2.00. The Kier molecular flexibility index (Phi) is 2.63. The fourth-order valence-electron chi connectivity index (χ4n) is 2.43. The molecule has 0 atom stereocenters. The summed E-state index contributed by atoms with van der Waals surface area (Å²) >= 11 is 0. The van der Waals surface area contributed by atoms with E-state index in [1.54, 1.807) is 0 Å². The predicted octanol–water partition coefficient (Wildman–Crippen LogP) is 2.58. The smallest absolute Gasteiger partial charge is 0.157 e. The van der Waals surface area contributed by atoms with Crippen molar-refractivity contribution in [3.63, 3.8) is 0 Å². The molecule has 0 bridgehead atoms. The van der Waals surface area contributed by atoms with Crippen LogP contribution in [0.2, 0.25) is 0 Å². The zero-order valence-corrected chi connectivity index (χ0v) is 10.7. The lowest BCUT2D eigenvalue weighted by atomic mass is 10.2. The monoisotopic (exact) mass is 240 g/mol. The summed E-state index contributed by atoms with van der Waals surface area (Å²) in [6, 6.07) is 8.21. The first kappa shape index (κ1) is 11.0. The molecular formula is C14H16N4. The number of pyridine rings is 2. The summed E-state index contributed by atoms with van der Waals surface area (Å²) in [5.41, 5.74) is 2.39. The molecule has 0 aromatic carbocycles. The Hall–Kier alpha value is -2.10. The SMILES string of the molecule is CCN1c2ncccc2CN(C)c2cccnc21. The van der Waals surface area contributed by atoms with Gasteiger partial charge in [-0.2, -0.15) is 0 Å². The zero-order valence-electron chi connectivity index (χ0n) is 10.7. The van der Waals surface area contributed by atoms with E-state index in [1.807, 2.05) is 24.5 Å². The van der Waals surface area contributed by atoms with E-state index in [2.05, 4.69) is 45.9 Å². The van der Waals surface area contributed by atoms with Crippen LogP contribution in [-0.4, -0.2) is 23.6 Å². The largest absolute Gasteiger partial charge is 0.367 e. The minimum atomic E-state index is 0.859. The first-order chi connectivity index (χ1) is 8.81. The highest BCUT2D eigenvalue weighted by molar-refractivity contribution is 5.75. The van der Waals surface area contributed by atoms with Crippen LogP contribution < -0.4 is 9.80 Å². The van der Waals surface area contributed by atoms with Crippen molar-refractivity contribution in [2.45, 2.75) is 13.5 Å². The molecule has 92 valence electrons. The van der Waals surface area contributed by atoms with Gasteiger partial charge in [0.15, 0.2) is 5.82 Å². The number of aromatic nitrogens is 2. The van der Waals surface area contributed by atoms with Crippen molar-refractivity contribution < 1.29 is 0 Å². The van der Waals surface area contributed by atoms with Gasteiger partial charge in [-0.3, -0.25) is 0 Å². The number of nitrogens with zero attached hydrogens (tertiary/aromatic N) is 4. The summed E-state index contributed by atoms with van der Waals surface area (Å²) in [6.45, 7) is 3.85. The normalized spacial score (nSPS) is 13.9. The van der Waals surface area contributed by atoms with Crippen molar-refractivity contribution in [3.8, 4) is 0 Å². The lowest BCUT2D eigenvalue weighted by Gasteiger charge is -2.23. The molecule has 3 heterocycles. The van der Waals surface area contributed by atoms with Gasteiger partial charge in [0.2, 0.25) is 0 Å². The molecule has 2 aromatic heterocycles. The molecule has 4 heteroatoms. The highest BCUT2D eigenvalue weighted by atomic mass is 15.3. The second kappa shape index (κ2) is 4.29. The second-order valence-corrected chi connectivity index (χ2v) is 4.43. The highest BCUT2D eigenvalue weighted by Crippen LogP contribution is 2.36. The molecule has 1 aliphatic rings. The lowest BCUT2D eigenvalue weighted by molar-refractivity contribution is 0.925. The van der Waals surface area contributed by atoms with Crippen molar-refractivity contribution in [2.75, 3.05) is 23.4 Å². The van der Waals surface area contributed by atoms with Gasteiger partial charge in [-0.25, -0.2) is 9.97 Å². The highest BCUT2D eigenvalue weighted by Gasteiger charge is 2.23. The molecule has 0 saturated heterocycles. The van der Waals surface area contributed by atoms with E-state index in [1.165, 1.54) is 5.56 Å². The van der Waals surface area contributed by atoms with Crippen molar-refractivity contribution in [1.82, 2.24) is 9.97 Å². The Balaban J connectivity index is 2.23. The van der Waals surface area contributed by atoms with Gasteiger partial charge in [0, 0.05) is 38.1 Å². The van der Waals surface area contributed by atoms with Crippen molar-refractivity contribution >= 4 is 17.3 Å². The average Bonchev–Trinajstić information content (AvgIpc) is 2.53. The minimum absolute atomic E-state index is 0.859. The molecule has 3 rings (SSSR count). The fourth-order valence-corrected chi connectivity index (χ4v) is 2.43. The molecule has 0 aliphatic carbocycles. The van der Waals surface area contributed by atoms with E-state index in [9.17, 15) is 0 Å². The van der Waals surface area contributed by atoms with Gasteiger partial charge in [0.25, 0.3) is 0 Å². The van der Waals surface area contributed by atoms with Crippen LogP contribution >= 0.6 is 0 Å². The Morgan fingerprint density at radius 2 is 1.83 bits per heavy atom. The lowest BCUT2D eigenvalue weighted by Crippen LogP contribution is -2.19. The van der Waals surface area contributed by atoms with Crippen LogP contribution in [0.15, 0.2) is 36.7 Å². The maximum Gasteiger partial charge on any atom is 0.157 e. The van der Waals surface area contributed by atoms with Crippen molar-refractivity contribution in [2.24, 2.45) is 0 Å². The van der Waals surface area contributed by atoms with Crippen molar-refractivity contribution in [3.05, 3.63) is 42.2 Å². The van der Waals surface area contributed by atoms with E-state index in [-0.39, 0.29) is 0 Å². The maximum absolute atomic E-state index is 4.53. The van der Waals surface area contributed by atoms with Crippen LogP contribution in [0.25, 0.3) is 0 Å². The molecule has 0 fully saturated rings. The fraction of sp³-hybridized carbons (Fsp3) is 0.286. The summed E-state index contributed by atoms with van der Waals surface area (Å²) in [4.78, 5) is 13.4. The topological polar surface area (TPSA) is 32.3 Å². The minimum Gasteiger partial charge on any atom is -0.367 e. The molecule has 0 radical (unpaired) electrons. The number of anilines is 3. The van der Waals surface area contributed by atoms with Crippen LogP contribution in [0.1, 0.15) is 12.5 Å². The predicted molar refractivity (Wildman–Crippen MR) is 73.3 cm³/mol. The number of fused-ring (bicyclic) bond motifs is 2. The van der Waals surface area contributed by atoms with E-state index in [0.29, 0.717) is 0 Å².